The minimum Gasteiger partial charge on any atom is -0.348 e. The zero-order chi connectivity index (χ0) is 13.3. The standard InChI is InChI=1S/C9H19NO4S3/c1-10(2)9(11)8-16-6-5-15-4-3-7-17(12,13)14/h3-8H2,1-2H3,(H,12,13,14). The molecule has 8 heteroatoms. The van der Waals surface area contributed by atoms with Crippen LogP contribution in [0.15, 0.2) is 0 Å². The van der Waals surface area contributed by atoms with Crippen molar-refractivity contribution < 1.29 is 17.8 Å². The Morgan fingerprint density at radius 2 is 1.76 bits per heavy atom. The van der Waals surface area contributed by atoms with Gasteiger partial charge in [0, 0.05) is 25.6 Å². The number of hydrogen-bond acceptors (Lipinski definition) is 5. The summed E-state index contributed by atoms with van der Waals surface area (Å²) in [6.45, 7) is 0. The molecule has 0 fully saturated rings. The highest BCUT2D eigenvalue weighted by Gasteiger charge is 2.04. The van der Waals surface area contributed by atoms with Gasteiger partial charge in [0.05, 0.1) is 11.5 Å². The third kappa shape index (κ3) is 12.3. The summed E-state index contributed by atoms with van der Waals surface area (Å²) in [7, 11) is -0.353. The van der Waals surface area contributed by atoms with Crippen molar-refractivity contribution in [3.8, 4) is 0 Å². The Morgan fingerprint density at radius 1 is 1.18 bits per heavy atom. The lowest BCUT2D eigenvalue weighted by atomic mass is 10.6. The van der Waals surface area contributed by atoms with E-state index in [1.807, 2.05) is 0 Å². The van der Waals surface area contributed by atoms with Crippen LogP contribution in [-0.4, -0.2) is 66.6 Å². The molecule has 0 spiro atoms. The molecule has 0 radical (unpaired) electrons. The second kappa shape index (κ2) is 9.07. The van der Waals surface area contributed by atoms with Gasteiger partial charge in [-0.15, -0.1) is 0 Å². The van der Waals surface area contributed by atoms with Crippen LogP contribution in [0.25, 0.3) is 0 Å². The lowest BCUT2D eigenvalue weighted by Crippen LogP contribution is -2.23. The van der Waals surface area contributed by atoms with E-state index in [1.54, 1.807) is 42.5 Å². The van der Waals surface area contributed by atoms with E-state index in [2.05, 4.69) is 0 Å². The molecule has 0 unspecified atom stereocenters. The third-order valence-electron chi connectivity index (χ3n) is 1.79. The Balaban J connectivity index is 3.28. The van der Waals surface area contributed by atoms with Crippen molar-refractivity contribution in [2.45, 2.75) is 6.42 Å². The summed E-state index contributed by atoms with van der Waals surface area (Å²) >= 11 is 3.21. The quantitative estimate of drug-likeness (QED) is 0.502. The van der Waals surface area contributed by atoms with Crippen LogP contribution in [0, 0.1) is 0 Å². The second-order valence-corrected chi connectivity index (χ2v) is 7.49. The molecular formula is C9H19NO4S3. The summed E-state index contributed by atoms with van der Waals surface area (Å²) in [5, 5.41) is 0. The number of nitrogens with zero attached hydrogens (tertiary/aromatic N) is 1. The van der Waals surface area contributed by atoms with Crippen molar-refractivity contribution in [3.63, 3.8) is 0 Å². The molecule has 17 heavy (non-hydrogen) atoms. The van der Waals surface area contributed by atoms with Gasteiger partial charge in [-0.2, -0.15) is 31.9 Å². The van der Waals surface area contributed by atoms with Crippen LogP contribution in [0.5, 0.6) is 0 Å². The Hall–Kier alpha value is 0.0800. The molecular weight excluding hydrogens is 282 g/mol. The van der Waals surface area contributed by atoms with Crippen LogP contribution in [0.3, 0.4) is 0 Å². The monoisotopic (exact) mass is 301 g/mol. The zero-order valence-corrected chi connectivity index (χ0v) is 12.5. The molecule has 0 aromatic heterocycles. The number of carbonyl (C=O) groups excluding carboxylic acids is 1. The van der Waals surface area contributed by atoms with E-state index in [4.69, 9.17) is 4.55 Å². The van der Waals surface area contributed by atoms with Crippen molar-refractivity contribution in [1.29, 1.82) is 0 Å². The molecule has 0 saturated carbocycles. The average Bonchev–Trinajstić information content (AvgIpc) is 2.19. The maximum Gasteiger partial charge on any atom is 0.264 e. The van der Waals surface area contributed by atoms with Crippen LogP contribution in [0.1, 0.15) is 6.42 Å². The summed E-state index contributed by atoms with van der Waals surface area (Å²) in [6, 6.07) is 0. The van der Waals surface area contributed by atoms with Crippen molar-refractivity contribution in [3.05, 3.63) is 0 Å². The summed E-state index contributed by atoms with van der Waals surface area (Å²) in [5.41, 5.74) is 0. The van der Waals surface area contributed by atoms with Crippen LogP contribution in [0.2, 0.25) is 0 Å². The van der Waals surface area contributed by atoms with E-state index >= 15 is 0 Å². The van der Waals surface area contributed by atoms with Crippen molar-refractivity contribution in [2.24, 2.45) is 0 Å². The molecule has 1 N–H and O–H groups in total. The summed E-state index contributed by atoms with van der Waals surface area (Å²) in [4.78, 5) is 12.8. The fraction of sp³-hybridized carbons (Fsp3) is 0.889. The molecule has 0 aromatic carbocycles. The highest BCUT2D eigenvalue weighted by molar-refractivity contribution is 8.03. The third-order valence-corrected chi connectivity index (χ3v) is 4.86. The Kier molecular flexibility index (Phi) is 9.11. The van der Waals surface area contributed by atoms with Crippen LogP contribution < -0.4 is 0 Å². The van der Waals surface area contributed by atoms with Gasteiger partial charge in [-0.3, -0.25) is 9.35 Å². The Bertz CT molecular complexity index is 316. The molecule has 0 heterocycles. The summed E-state index contributed by atoms with van der Waals surface area (Å²) < 4.78 is 29.3. The first kappa shape index (κ1) is 17.1. The van der Waals surface area contributed by atoms with Crippen molar-refractivity contribution in [1.82, 2.24) is 4.90 Å². The predicted octanol–water partition coefficient (Wildman–Crippen LogP) is 0.819. The van der Waals surface area contributed by atoms with E-state index < -0.39 is 10.1 Å². The number of carbonyl (C=O) groups is 1. The molecule has 0 rings (SSSR count). The van der Waals surface area contributed by atoms with Gasteiger partial charge in [0.1, 0.15) is 0 Å². The number of thioether (sulfide) groups is 2. The first-order valence-electron chi connectivity index (χ1n) is 5.13. The van der Waals surface area contributed by atoms with Gasteiger partial charge in [-0.25, -0.2) is 0 Å². The number of hydrogen-bond donors (Lipinski definition) is 1. The Labute approximate surface area is 111 Å². The van der Waals surface area contributed by atoms with Crippen molar-refractivity contribution in [2.75, 3.05) is 42.9 Å². The smallest absolute Gasteiger partial charge is 0.264 e. The SMILES string of the molecule is CN(C)C(=O)CSCCSCCCS(=O)(=O)O. The van der Waals surface area contributed by atoms with Gasteiger partial charge < -0.3 is 4.90 Å². The average molecular weight is 301 g/mol. The van der Waals surface area contributed by atoms with Crippen LogP contribution in [-0.2, 0) is 14.9 Å². The molecule has 0 saturated heterocycles. The highest BCUT2D eigenvalue weighted by atomic mass is 32.2. The van der Waals surface area contributed by atoms with E-state index in [-0.39, 0.29) is 11.7 Å². The Morgan fingerprint density at radius 3 is 2.29 bits per heavy atom. The van der Waals surface area contributed by atoms with E-state index in [0.717, 1.165) is 11.5 Å². The second-order valence-electron chi connectivity index (χ2n) is 3.59. The first-order valence-corrected chi connectivity index (χ1v) is 9.05. The van der Waals surface area contributed by atoms with Gasteiger partial charge in [0.15, 0.2) is 0 Å². The summed E-state index contributed by atoms with van der Waals surface area (Å²) in [5.74, 6) is 2.88. The molecule has 102 valence electrons. The topological polar surface area (TPSA) is 74.7 Å². The highest BCUT2D eigenvalue weighted by Crippen LogP contribution is 2.09. The van der Waals surface area contributed by atoms with Gasteiger partial charge in [-0.1, -0.05) is 0 Å². The van der Waals surface area contributed by atoms with Gasteiger partial charge in [-0.05, 0) is 12.2 Å². The molecule has 0 aromatic rings. The molecule has 0 aliphatic carbocycles. The first-order chi connectivity index (χ1) is 7.83. The van der Waals surface area contributed by atoms with Crippen LogP contribution >= 0.6 is 23.5 Å². The van der Waals surface area contributed by atoms with E-state index in [9.17, 15) is 13.2 Å². The van der Waals surface area contributed by atoms with E-state index in [0.29, 0.717) is 17.9 Å². The fourth-order valence-electron chi connectivity index (χ4n) is 0.852. The minimum atomic E-state index is -3.81. The molecule has 0 aliphatic heterocycles. The van der Waals surface area contributed by atoms with E-state index in [1.165, 1.54) is 0 Å². The van der Waals surface area contributed by atoms with Gasteiger partial charge in [0.25, 0.3) is 10.1 Å². The maximum atomic E-state index is 11.2. The normalized spacial score (nSPS) is 11.5. The molecule has 0 atom stereocenters. The van der Waals surface area contributed by atoms with Gasteiger partial charge >= 0.3 is 0 Å². The van der Waals surface area contributed by atoms with Gasteiger partial charge in [0.2, 0.25) is 5.91 Å². The number of amides is 1. The zero-order valence-electron chi connectivity index (χ0n) is 10.1. The molecule has 5 nitrogen and oxygen atoms in total. The molecule has 1 amide bonds. The molecule has 0 aliphatic rings. The largest absolute Gasteiger partial charge is 0.348 e. The predicted molar refractivity (Wildman–Crippen MR) is 74.4 cm³/mol. The lowest BCUT2D eigenvalue weighted by Gasteiger charge is -2.09. The fourth-order valence-corrected chi connectivity index (χ4v) is 3.62. The molecule has 0 bridgehead atoms. The number of rotatable bonds is 9. The van der Waals surface area contributed by atoms with Crippen LogP contribution in [0.4, 0.5) is 0 Å². The summed E-state index contributed by atoms with van der Waals surface area (Å²) in [6.07, 6.45) is 0.463. The minimum absolute atomic E-state index is 0.103. The van der Waals surface area contributed by atoms with Crippen molar-refractivity contribution >= 4 is 39.5 Å². The lowest BCUT2D eigenvalue weighted by molar-refractivity contribution is -0.125. The maximum absolute atomic E-state index is 11.2.